The number of anilines is 1. The van der Waals surface area contributed by atoms with Gasteiger partial charge in [-0.1, -0.05) is 0 Å². The van der Waals surface area contributed by atoms with E-state index in [0.29, 0.717) is 6.54 Å². The van der Waals surface area contributed by atoms with Crippen LogP contribution in [0.15, 0.2) is 18.2 Å². The topological polar surface area (TPSA) is 41.6 Å². The maximum atomic E-state index is 13.7. The Morgan fingerprint density at radius 2 is 1.96 bits per heavy atom. The van der Waals surface area contributed by atoms with Crippen molar-refractivity contribution >= 4 is 24.2 Å². The van der Waals surface area contributed by atoms with Gasteiger partial charge in [-0.3, -0.25) is 4.90 Å². The number of halogens is 2. The molecule has 0 atom stereocenters. The van der Waals surface area contributed by atoms with Gasteiger partial charge < -0.3 is 10.1 Å². The Labute approximate surface area is 142 Å². The summed E-state index contributed by atoms with van der Waals surface area (Å²) in [6, 6.07) is 4.70. The zero-order valence-corrected chi connectivity index (χ0v) is 14.6. The third-order valence-corrected chi connectivity index (χ3v) is 4.46. The predicted molar refractivity (Wildman–Crippen MR) is 91.0 cm³/mol. The molecule has 1 fully saturated rings. The number of hydrogen-bond donors (Lipinski definition) is 1. The average Bonchev–Trinajstić information content (AvgIpc) is 2.72. The predicted octanol–water partition coefficient (Wildman–Crippen LogP) is 3.62. The molecule has 1 saturated heterocycles. The van der Waals surface area contributed by atoms with Crippen LogP contribution in [-0.2, 0) is 10.2 Å². The van der Waals surface area contributed by atoms with Gasteiger partial charge in [-0.05, 0) is 70.5 Å². The lowest BCUT2D eigenvalue weighted by atomic mass is 9.75. The highest BCUT2D eigenvalue weighted by atomic mass is 35.5. The number of benzene rings is 1. The lowest BCUT2D eigenvalue weighted by Crippen LogP contribution is -2.45. The normalized spacial score (nSPS) is 19.2. The number of hydrogen-bond acceptors (Lipinski definition) is 3. The van der Waals surface area contributed by atoms with Gasteiger partial charge in [0.25, 0.3) is 0 Å². The smallest absolute Gasteiger partial charge is 0.414 e. The monoisotopic (exact) mass is 342 g/mol. The molecule has 1 amide bonds. The molecule has 1 spiro atoms. The number of carbonyl (C=O) groups excluding carboxylic acids is 1. The Morgan fingerprint density at radius 3 is 2.57 bits per heavy atom. The van der Waals surface area contributed by atoms with Crippen LogP contribution in [0.4, 0.5) is 14.9 Å². The van der Waals surface area contributed by atoms with Crippen LogP contribution in [-0.4, -0.2) is 31.3 Å². The molecule has 1 aromatic carbocycles. The fourth-order valence-electron chi connectivity index (χ4n) is 3.45. The zero-order chi connectivity index (χ0) is 16.0. The molecular formula is C17H24ClFN2O2. The zero-order valence-electron chi connectivity index (χ0n) is 13.8. The summed E-state index contributed by atoms with van der Waals surface area (Å²) in [6.45, 7) is 7.91. The van der Waals surface area contributed by atoms with Crippen molar-refractivity contribution in [3.63, 3.8) is 0 Å². The molecule has 2 aliphatic heterocycles. The van der Waals surface area contributed by atoms with E-state index in [2.05, 4.69) is 5.32 Å². The number of amides is 1. The van der Waals surface area contributed by atoms with E-state index in [-0.39, 0.29) is 29.7 Å². The Bertz CT molecular complexity index is 595. The molecule has 0 unspecified atom stereocenters. The molecule has 0 aromatic heterocycles. The second-order valence-electron chi connectivity index (χ2n) is 7.26. The van der Waals surface area contributed by atoms with Crippen molar-refractivity contribution in [2.24, 2.45) is 0 Å². The van der Waals surface area contributed by atoms with Crippen molar-refractivity contribution in [1.82, 2.24) is 5.32 Å². The van der Waals surface area contributed by atoms with Gasteiger partial charge in [0.05, 0.1) is 5.69 Å². The molecule has 0 saturated carbocycles. The van der Waals surface area contributed by atoms with Crippen molar-refractivity contribution in [2.75, 3.05) is 24.5 Å². The van der Waals surface area contributed by atoms with Crippen molar-refractivity contribution < 1.29 is 13.9 Å². The highest BCUT2D eigenvalue weighted by molar-refractivity contribution is 5.91. The number of nitrogens with one attached hydrogen (secondary N) is 1. The van der Waals surface area contributed by atoms with Crippen LogP contribution < -0.4 is 10.2 Å². The number of carbonyl (C=O) groups is 1. The molecule has 2 heterocycles. The van der Waals surface area contributed by atoms with Gasteiger partial charge in [-0.25, -0.2) is 9.18 Å². The van der Waals surface area contributed by atoms with Gasteiger partial charge in [-0.15, -0.1) is 12.4 Å². The lowest BCUT2D eigenvalue weighted by molar-refractivity contribution is 0.0575. The third-order valence-electron chi connectivity index (χ3n) is 4.46. The van der Waals surface area contributed by atoms with E-state index in [1.54, 1.807) is 17.0 Å². The van der Waals surface area contributed by atoms with Gasteiger partial charge in [0.1, 0.15) is 11.4 Å². The summed E-state index contributed by atoms with van der Waals surface area (Å²) < 4.78 is 19.3. The summed E-state index contributed by atoms with van der Waals surface area (Å²) in [5.41, 5.74) is 1.04. The molecule has 0 aliphatic carbocycles. The summed E-state index contributed by atoms with van der Waals surface area (Å²) in [4.78, 5) is 14.2. The molecule has 2 aliphatic rings. The summed E-state index contributed by atoms with van der Waals surface area (Å²) in [6.07, 6.45) is 1.46. The van der Waals surface area contributed by atoms with Gasteiger partial charge >= 0.3 is 6.09 Å². The first-order valence-corrected chi connectivity index (χ1v) is 7.82. The Balaban J connectivity index is 0.00000192. The van der Waals surface area contributed by atoms with Crippen LogP contribution in [0.2, 0.25) is 0 Å². The van der Waals surface area contributed by atoms with Crippen molar-refractivity contribution in [3.8, 4) is 0 Å². The number of nitrogens with zero attached hydrogens (tertiary/aromatic N) is 1. The second-order valence-corrected chi connectivity index (χ2v) is 7.26. The minimum Gasteiger partial charge on any atom is -0.443 e. The van der Waals surface area contributed by atoms with Gasteiger partial charge in [0, 0.05) is 12.0 Å². The lowest BCUT2D eigenvalue weighted by Gasteiger charge is -2.34. The molecule has 4 nitrogen and oxygen atoms in total. The first-order valence-electron chi connectivity index (χ1n) is 7.82. The molecule has 1 N–H and O–H groups in total. The van der Waals surface area contributed by atoms with Gasteiger partial charge in [0.2, 0.25) is 0 Å². The van der Waals surface area contributed by atoms with E-state index in [1.807, 2.05) is 20.8 Å². The van der Waals surface area contributed by atoms with Gasteiger partial charge in [-0.2, -0.15) is 0 Å². The highest BCUT2D eigenvalue weighted by Crippen LogP contribution is 2.46. The number of ether oxygens (including phenoxy) is 1. The Morgan fingerprint density at radius 1 is 1.30 bits per heavy atom. The average molecular weight is 343 g/mol. The van der Waals surface area contributed by atoms with Crippen molar-refractivity contribution in [1.29, 1.82) is 0 Å². The second kappa shape index (κ2) is 6.29. The largest absolute Gasteiger partial charge is 0.443 e. The minimum absolute atomic E-state index is 0. The fraction of sp³-hybridized carbons (Fsp3) is 0.588. The van der Waals surface area contributed by atoms with Crippen LogP contribution in [0.3, 0.4) is 0 Å². The molecule has 1 aromatic rings. The first kappa shape index (κ1) is 18.0. The summed E-state index contributed by atoms with van der Waals surface area (Å²) in [5.74, 6) is -0.248. The van der Waals surface area contributed by atoms with Crippen LogP contribution in [0.1, 0.15) is 39.2 Å². The van der Waals surface area contributed by atoms with Gasteiger partial charge in [0.15, 0.2) is 0 Å². The molecule has 0 bridgehead atoms. The van der Waals surface area contributed by atoms with Crippen LogP contribution in [0.25, 0.3) is 0 Å². The standard InChI is InChI=1S/C17H23FN2O2.ClH/c1-16(2,3)22-15(21)20-11-17(6-8-19-9-7-17)13-10-12(18)4-5-14(13)20;/h4-5,10,19H,6-9,11H2,1-3H3;1H. The Hall–Kier alpha value is -1.33. The molecule has 23 heavy (non-hydrogen) atoms. The van der Waals surface area contributed by atoms with Crippen molar-refractivity contribution in [2.45, 2.75) is 44.6 Å². The van der Waals surface area contributed by atoms with Crippen LogP contribution in [0.5, 0.6) is 0 Å². The van der Waals surface area contributed by atoms with Crippen LogP contribution in [0, 0.1) is 5.82 Å². The molecule has 3 rings (SSSR count). The van der Waals surface area contributed by atoms with Crippen LogP contribution >= 0.6 is 12.4 Å². The first-order chi connectivity index (χ1) is 10.3. The molecular weight excluding hydrogens is 319 g/mol. The fourth-order valence-corrected chi connectivity index (χ4v) is 3.45. The summed E-state index contributed by atoms with van der Waals surface area (Å²) in [7, 11) is 0. The molecule has 0 radical (unpaired) electrons. The SMILES string of the molecule is CC(C)(C)OC(=O)N1CC2(CCNCC2)c2cc(F)ccc21.Cl. The quantitative estimate of drug-likeness (QED) is 0.783. The Kier molecular flexibility index (Phi) is 4.92. The highest BCUT2D eigenvalue weighted by Gasteiger charge is 2.46. The van der Waals surface area contributed by atoms with E-state index in [1.165, 1.54) is 6.07 Å². The van der Waals surface area contributed by atoms with E-state index in [4.69, 9.17) is 4.74 Å². The number of fused-ring (bicyclic) bond motifs is 2. The van der Waals surface area contributed by atoms with E-state index >= 15 is 0 Å². The summed E-state index contributed by atoms with van der Waals surface area (Å²) in [5, 5.41) is 3.34. The molecule has 6 heteroatoms. The number of piperidine rings is 1. The van der Waals surface area contributed by atoms with E-state index < -0.39 is 5.60 Å². The third kappa shape index (κ3) is 3.45. The maximum absolute atomic E-state index is 13.7. The number of rotatable bonds is 0. The maximum Gasteiger partial charge on any atom is 0.414 e. The minimum atomic E-state index is -0.541. The van der Waals surface area contributed by atoms with E-state index in [0.717, 1.165) is 37.2 Å². The van der Waals surface area contributed by atoms with E-state index in [9.17, 15) is 9.18 Å². The summed E-state index contributed by atoms with van der Waals surface area (Å²) >= 11 is 0. The molecule has 128 valence electrons. The van der Waals surface area contributed by atoms with Crippen molar-refractivity contribution in [3.05, 3.63) is 29.6 Å².